The summed E-state index contributed by atoms with van der Waals surface area (Å²) >= 11 is 0. The van der Waals surface area contributed by atoms with Gasteiger partial charge in [-0.25, -0.2) is 4.79 Å². The van der Waals surface area contributed by atoms with E-state index in [-0.39, 0.29) is 0 Å². The molecule has 4 nitrogen and oxygen atoms in total. The van der Waals surface area contributed by atoms with Crippen LogP contribution in [0.2, 0.25) is 0 Å². The number of carboxylic acid groups (broad SMARTS) is 2. The highest BCUT2D eigenvalue weighted by Gasteiger charge is 1.79. The minimum atomic E-state index is -1.83. The van der Waals surface area contributed by atoms with E-state index < -0.39 is 6.16 Å². The van der Waals surface area contributed by atoms with Crippen LogP contribution in [-0.4, -0.2) is 41.9 Å². The molecule has 0 aromatic rings. The first-order valence-corrected chi connectivity index (χ1v) is 3.07. The van der Waals surface area contributed by atoms with Gasteiger partial charge in [-0.3, -0.25) is 0 Å². The van der Waals surface area contributed by atoms with E-state index in [2.05, 4.69) is 25.9 Å². The van der Waals surface area contributed by atoms with Gasteiger partial charge < -0.3 is 15.1 Å². The Hall–Kier alpha value is -0.770. The van der Waals surface area contributed by atoms with Crippen LogP contribution in [-0.2, 0) is 0 Å². The molecule has 0 aliphatic heterocycles. The van der Waals surface area contributed by atoms with E-state index in [0.29, 0.717) is 0 Å². The van der Waals surface area contributed by atoms with Gasteiger partial charge in [0.2, 0.25) is 0 Å². The van der Waals surface area contributed by atoms with Crippen molar-refractivity contribution < 1.29 is 15.0 Å². The summed E-state index contributed by atoms with van der Waals surface area (Å²) in [7, 11) is 4.17. The maximum Gasteiger partial charge on any atom is 0.503 e. The Labute approximate surface area is 61.1 Å². The van der Waals surface area contributed by atoms with Crippen LogP contribution in [0.1, 0.15) is 13.3 Å². The summed E-state index contributed by atoms with van der Waals surface area (Å²) in [6.07, 6.45) is -0.576. The highest BCUT2D eigenvalue weighted by Crippen LogP contribution is 1.76. The largest absolute Gasteiger partial charge is 0.503 e. The molecule has 0 amide bonds. The molecule has 0 aliphatic rings. The molecular weight excluding hydrogens is 134 g/mol. The Kier molecular flexibility index (Phi) is 9.84. The minimum absolute atomic E-state index is 1.21. The third kappa shape index (κ3) is 56.4. The maximum atomic E-state index is 8.56. The van der Waals surface area contributed by atoms with E-state index in [1.165, 1.54) is 13.0 Å². The second-order valence-electron chi connectivity index (χ2n) is 2.09. The monoisotopic (exact) mass is 149 g/mol. The number of hydrogen-bond acceptors (Lipinski definition) is 2. The van der Waals surface area contributed by atoms with Gasteiger partial charge in [-0.1, -0.05) is 6.92 Å². The van der Waals surface area contributed by atoms with Gasteiger partial charge in [0.1, 0.15) is 0 Å². The Bertz CT molecular complexity index is 79.1. The molecule has 62 valence electrons. The summed E-state index contributed by atoms with van der Waals surface area (Å²) in [5.41, 5.74) is 0. The van der Waals surface area contributed by atoms with Gasteiger partial charge in [0, 0.05) is 0 Å². The third-order valence-corrected chi connectivity index (χ3v) is 0.671. The van der Waals surface area contributed by atoms with E-state index in [4.69, 9.17) is 15.0 Å². The molecule has 10 heavy (non-hydrogen) atoms. The average molecular weight is 149 g/mol. The predicted molar refractivity (Wildman–Crippen MR) is 39.5 cm³/mol. The van der Waals surface area contributed by atoms with Crippen molar-refractivity contribution in [2.75, 3.05) is 20.6 Å². The van der Waals surface area contributed by atoms with Gasteiger partial charge in [0.05, 0.1) is 0 Å². The highest BCUT2D eigenvalue weighted by molar-refractivity contribution is 5.53. The van der Waals surface area contributed by atoms with Crippen molar-refractivity contribution in [2.24, 2.45) is 0 Å². The van der Waals surface area contributed by atoms with Crippen LogP contribution in [0, 0.1) is 0 Å². The lowest BCUT2D eigenvalue weighted by molar-refractivity contribution is 0.137. The average Bonchev–Trinajstić information content (AvgIpc) is 1.62. The van der Waals surface area contributed by atoms with Crippen molar-refractivity contribution in [3.05, 3.63) is 0 Å². The quantitative estimate of drug-likeness (QED) is 0.619. The fraction of sp³-hybridized carbons (Fsp3) is 0.833. The lowest BCUT2D eigenvalue weighted by Crippen LogP contribution is -2.11. The third-order valence-electron chi connectivity index (χ3n) is 0.671. The van der Waals surface area contributed by atoms with Crippen LogP contribution in [0.15, 0.2) is 0 Å². The summed E-state index contributed by atoms with van der Waals surface area (Å²) in [4.78, 5) is 10.7. The SMILES string of the molecule is CCCN(C)C.O=C(O)O. The second-order valence-corrected chi connectivity index (χ2v) is 2.09. The van der Waals surface area contributed by atoms with Gasteiger partial charge in [-0.15, -0.1) is 0 Å². The highest BCUT2D eigenvalue weighted by atomic mass is 16.6. The number of carbonyl (C=O) groups is 1. The molecule has 0 unspecified atom stereocenters. The zero-order valence-corrected chi connectivity index (χ0v) is 6.66. The maximum absolute atomic E-state index is 8.56. The lowest BCUT2D eigenvalue weighted by atomic mass is 10.5. The first-order valence-electron chi connectivity index (χ1n) is 3.07. The van der Waals surface area contributed by atoms with Crippen LogP contribution in [0.3, 0.4) is 0 Å². The summed E-state index contributed by atoms with van der Waals surface area (Å²) < 4.78 is 0. The molecule has 0 atom stereocenters. The molecule has 0 saturated heterocycles. The van der Waals surface area contributed by atoms with Gasteiger partial charge in [0.25, 0.3) is 0 Å². The van der Waals surface area contributed by atoms with E-state index in [9.17, 15) is 0 Å². The Balaban J connectivity index is 0. The van der Waals surface area contributed by atoms with Crippen LogP contribution in [0.25, 0.3) is 0 Å². The number of nitrogens with zero attached hydrogens (tertiary/aromatic N) is 1. The Morgan fingerprint density at radius 2 is 1.70 bits per heavy atom. The molecule has 0 fully saturated rings. The topological polar surface area (TPSA) is 60.8 Å². The summed E-state index contributed by atoms with van der Waals surface area (Å²) in [6.45, 7) is 3.39. The molecule has 0 aromatic carbocycles. The smallest absolute Gasteiger partial charge is 0.450 e. The van der Waals surface area contributed by atoms with Crippen molar-refractivity contribution in [1.82, 2.24) is 4.90 Å². The molecule has 0 spiro atoms. The van der Waals surface area contributed by atoms with E-state index >= 15 is 0 Å². The summed E-state index contributed by atoms with van der Waals surface area (Å²) in [5.74, 6) is 0. The van der Waals surface area contributed by atoms with Crippen LogP contribution in [0.4, 0.5) is 4.79 Å². The standard InChI is InChI=1S/C5H13N.CH2O3/c1-4-5-6(2)3;2-1(3)4/h4-5H2,1-3H3;(H2,2,3,4). The van der Waals surface area contributed by atoms with Crippen molar-refractivity contribution in [2.45, 2.75) is 13.3 Å². The van der Waals surface area contributed by atoms with Crippen LogP contribution >= 0.6 is 0 Å². The van der Waals surface area contributed by atoms with Gasteiger partial charge in [0.15, 0.2) is 0 Å². The van der Waals surface area contributed by atoms with Crippen LogP contribution < -0.4 is 0 Å². The molecule has 4 heteroatoms. The van der Waals surface area contributed by atoms with Gasteiger partial charge in [-0.05, 0) is 27.1 Å². The fourth-order valence-electron chi connectivity index (χ4n) is 0.447. The minimum Gasteiger partial charge on any atom is -0.450 e. The Morgan fingerprint density at radius 3 is 1.70 bits per heavy atom. The molecule has 0 rings (SSSR count). The van der Waals surface area contributed by atoms with Crippen LogP contribution in [0.5, 0.6) is 0 Å². The first-order chi connectivity index (χ1) is 4.50. The molecule has 0 saturated carbocycles. The molecule has 0 heterocycles. The van der Waals surface area contributed by atoms with Crippen molar-refractivity contribution in [3.63, 3.8) is 0 Å². The summed E-state index contributed by atoms with van der Waals surface area (Å²) in [5, 5.41) is 13.9. The molecule has 2 N–H and O–H groups in total. The molecule has 0 radical (unpaired) electrons. The van der Waals surface area contributed by atoms with E-state index in [1.807, 2.05) is 0 Å². The number of hydrogen-bond donors (Lipinski definition) is 2. The molecule has 0 aromatic heterocycles. The van der Waals surface area contributed by atoms with Crippen molar-refractivity contribution >= 4 is 6.16 Å². The van der Waals surface area contributed by atoms with E-state index in [0.717, 1.165) is 0 Å². The van der Waals surface area contributed by atoms with E-state index in [1.54, 1.807) is 0 Å². The summed E-state index contributed by atoms with van der Waals surface area (Å²) in [6, 6.07) is 0. The fourth-order valence-corrected chi connectivity index (χ4v) is 0.447. The molecule has 0 aliphatic carbocycles. The normalized spacial score (nSPS) is 8.40. The molecular formula is C6H15NO3. The first kappa shape index (κ1) is 12.0. The van der Waals surface area contributed by atoms with Crippen molar-refractivity contribution in [3.8, 4) is 0 Å². The Morgan fingerprint density at radius 1 is 1.40 bits per heavy atom. The number of rotatable bonds is 2. The van der Waals surface area contributed by atoms with Crippen molar-refractivity contribution in [1.29, 1.82) is 0 Å². The molecule has 0 bridgehead atoms. The predicted octanol–water partition coefficient (Wildman–Crippen LogP) is 1.18. The lowest BCUT2D eigenvalue weighted by Gasteiger charge is -2.03. The zero-order chi connectivity index (χ0) is 8.57. The van der Waals surface area contributed by atoms with Gasteiger partial charge >= 0.3 is 6.16 Å². The second kappa shape index (κ2) is 8.23. The zero-order valence-electron chi connectivity index (χ0n) is 6.66. The van der Waals surface area contributed by atoms with Gasteiger partial charge in [-0.2, -0.15) is 0 Å².